The van der Waals surface area contributed by atoms with Gasteiger partial charge in [0.05, 0.1) is 4.90 Å². The molecule has 1 heterocycles. The Labute approximate surface area is 131 Å². The predicted molar refractivity (Wildman–Crippen MR) is 83.2 cm³/mol. The minimum Gasteiger partial charge on any atom is -0.352 e. The maximum Gasteiger partial charge on any atom is 0.251 e. The molecule has 0 saturated carbocycles. The largest absolute Gasteiger partial charge is 0.352 e. The first-order valence-corrected chi connectivity index (χ1v) is 8.10. The van der Waals surface area contributed by atoms with Crippen LogP contribution in [0.3, 0.4) is 0 Å². The van der Waals surface area contributed by atoms with Gasteiger partial charge in [0.2, 0.25) is 10.0 Å². The number of carbonyl (C=O) groups excluding carboxylic acids is 1. The van der Waals surface area contributed by atoms with Gasteiger partial charge < -0.3 is 10.6 Å². The summed E-state index contributed by atoms with van der Waals surface area (Å²) in [6, 6.07) is 6.06. The van der Waals surface area contributed by atoms with E-state index in [-0.39, 0.29) is 23.2 Å². The highest BCUT2D eigenvalue weighted by Gasteiger charge is 2.19. The lowest BCUT2D eigenvalue weighted by Crippen LogP contribution is -2.48. The van der Waals surface area contributed by atoms with Crippen molar-refractivity contribution in [1.29, 1.82) is 0 Å². The molecule has 0 spiro atoms. The van der Waals surface area contributed by atoms with Crippen LogP contribution in [-0.4, -0.2) is 40.5 Å². The smallest absolute Gasteiger partial charge is 0.251 e. The molecule has 1 saturated heterocycles. The van der Waals surface area contributed by atoms with Crippen molar-refractivity contribution in [2.45, 2.75) is 11.8 Å². The highest BCUT2D eigenvalue weighted by Crippen LogP contribution is 2.11. The lowest BCUT2D eigenvalue weighted by molar-refractivity contribution is 0.0942. The van der Waals surface area contributed by atoms with Gasteiger partial charge in [-0.25, -0.2) is 13.1 Å². The van der Waals surface area contributed by atoms with Crippen LogP contribution in [-0.2, 0) is 10.0 Å². The highest BCUT2D eigenvalue weighted by atomic mass is 35.5. The van der Waals surface area contributed by atoms with Crippen molar-refractivity contribution in [3.05, 3.63) is 29.8 Å². The van der Waals surface area contributed by atoms with Gasteiger partial charge in [0, 0.05) is 37.7 Å². The van der Waals surface area contributed by atoms with Crippen molar-refractivity contribution in [2.24, 2.45) is 5.92 Å². The average molecular weight is 334 g/mol. The van der Waals surface area contributed by atoms with Gasteiger partial charge in [0.25, 0.3) is 5.91 Å². The number of amides is 1. The van der Waals surface area contributed by atoms with Crippen molar-refractivity contribution < 1.29 is 13.2 Å². The van der Waals surface area contributed by atoms with E-state index in [1.165, 1.54) is 12.1 Å². The highest BCUT2D eigenvalue weighted by molar-refractivity contribution is 7.89. The van der Waals surface area contributed by atoms with Crippen LogP contribution in [0.25, 0.3) is 0 Å². The van der Waals surface area contributed by atoms with Crippen molar-refractivity contribution >= 4 is 28.3 Å². The number of rotatable bonds is 6. The summed E-state index contributed by atoms with van der Waals surface area (Å²) in [5.41, 5.74) is 0.358. The molecular formula is C13H20ClN3O3S. The van der Waals surface area contributed by atoms with E-state index < -0.39 is 10.0 Å². The van der Waals surface area contributed by atoms with Gasteiger partial charge in [-0.05, 0) is 18.2 Å². The van der Waals surface area contributed by atoms with Crippen LogP contribution in [0.15, 0.2) is 29.2 Å². The molecule has 1 aliphatic heterocycles. The maximum atomic E-state index is 12.0. The Morgan fingerprint density at radius 1 is 1.38 bits per heavy atom. The van der Waals surface area contributed by atoms with Crippen molar-refractivity contribution in [3.8, 4) is 0 Å². The second-order valence-corrected chi connectivity index (χ2v) is 6.53. The van der Waals surface area contributed by atoms with E-state index in [0.29, 0.717) is 24.6 Å². The third-order valence-electron chi connectivity index (χ3n) is 3.16. The molecule has 8 heteroatoms. The molecule has 1 amide bonds. The molecule has 1 aliphatic rings. The van der Waals surface area contributed by atoms with E-state index >= 15 is 0 Å². The van der Waals surface area contributed by atoms with Crippen LogP contribution in [0.1, 0.15) is 17.3 Å². The molecule has 118 valence electrons. The molecule has 0 atom stereocenters. The lowest BCUT2D eigenvalue weighted by atomic mass is 10.0. The van der Waals surface area contributed by atoms with E-state index in [0.717, 1.165) is 13.1 Å². The normalized spacial score (nSPS) is 14.9. The second-order valence-electron chi connectivity index (χ2n) is 4.76. The molecule has 6 nitrogen and oxygen atoms in total. The van der Waals surface area contributed by atoms with Gasteiger partial charge in [0.1, 0.15) is 0 Å². The average Bonchev–Trinajstić information content (AvgIpc) is 2.37. The first-order valence-electron chi connectivity index (χ1n) is 6.61. The summed E-state index contributed by atoms with van der Waals surface area (Å²) in [4.78, 5) is 12.1. The zero-order valence-electron chi connectivity index (χ0n) is 11.8. The minimum atomic E-state index is -3.53. The number of nitrogens with one attached hydrogen (secondary N) is 3. The molecule has 0 unspecified atom stereocenters. The summed E-state index contributed by atoms with van der Waals surface area (Å²) in [5, 5.41) is 5.95. The summed E-state index contributed by atoms with van der Waals surface area (Å²) in [6.45, 7) is 4.45. The monoisotopic (exact) mass is 333 g/mol. The molecule has 1 fully saturated rings. The number of benzene rings is 1. The van der Waals surface area contributed by atoms with E-state index in [1.54, 1.807) is 19.1 Å². The Hall–Kier alpha value is -1.15. The molecule has 2 rings (SSSR count). The summed E-state index contributed by atoms with van der Waals surface area (Å²) in [5.74, 6) is 0.220. The number of carbonyl (C=O) groups is 1. The molecule has 0 bridgehead atoms. The first kappa shape index (κ1) is 17.9. The fraction of sp³-hybridized carbons (Fsp3) is 0.462. The zero-order chi connectivity index (χ0) is 14.6. The molecule has 1 aromatic carbocycles. The quantitative estimate of drug-likeness (QED) is 0.701. The zero-order valence-corrected chi connectivity index (χ0v) is 13.4. The van der Waals surface area contributed by atoms with Crippen LogP contribution in [0.2, 0.25) is 0 Å². The van der Waals surface area contributed by atoms with E-state index in [4.69, 9.17) is 0 Å². The lowest BCUT2D eigenvalue weighted by Gasteiger charge is -2.27. The Kier molecular flexibility index (Phi) is 6.60. The van der Waals surface area contributed by atoms with Gasteiger partial charge in [-0.15, -0.1) is 12.4 Å². The fourth-order valence-corrected chi connectivity index (χ4v) is 3.00. The van der Waals surface area contributed by atoms with Gasteiger partial charge in [-0.2, -0.15) is 0 Å². The molecule has 0 aliphatic carbocycles. The molecule has 0 aromatic heterocycles. The summed E-state index contributed by atoms with van der Waals surface area (Å²) in [6.07, 6.45) is 0. The number of hydrogen-bond donors (Lipinski definition) is 3. The van der Waals surface area contributed by atoms with Gasteiger partial charge in [-0.1, -0.05) is 13.0 Å². The summed E-state index contributed by atoms with van der Waals surface area (Å²) >= 11 is 0. The Morgan fingerprint density at radius 2 is 2.10 bits per heavy atom. The van der Waals surface area contributed by atoms with Crippen molar-refractivity contribution in [2.75, 3.05) is 26.2 Å². The molecule has 1 aromatic rings. The van der Waals surface area contributed by atoms with E-state index in [1.807, 2.05) is 0 Å². The maximum absolute atomic E-state index is 12.0. The van der Waals surface area contributed by atoms with Crippen LogP contribution < -0.4 is 15.4 Å². The van der Waals surface area contributed by atoms with Gasteiger partial charge >= 0.3 is 0 Å². The van der Waals surface area contributed by atoms with E-state index in [2.05, 4.69) is 15.4 Å². The predicted octanol–water partition coefficient (Wildman–Crippen LogP) is 0.356. The third-order valence-corrected chi connectivity index (χ3v) is 4.70. The fourth-order valence-electron chi connectivity index (χ4n) is 1.91. The number of sulfonamides is 1. The summed E-state index contributed by atoms with van der Waals surface area (Å²) in [7, 11) is -3.53. The van der Waals surface area contributed by atoms with Crippen molar-refractivity contribution in [3.63, 3.8) is 0 Å². The molecular weight excluding hydrogens is 314 g/mol. The Bertz CT molecular complexity index is 588. The Morgan fingerprint density at radius 3 is 2.67 bits per heavy atom. The first-order chi connectivity index (χ1) is 9.53. The minimum absolute atomic E-state index is 0. The standard InChI is InChI=1S/C13H19N3O3S.ClH/c1-2-16-20(18,19)12-5-3-4-11(6-12)13(17)15-9-10-7-14-8-10;/h3-6,10,14,16H,2,7-9H2,1H3,(H,15,17);1H. The van der Waals surface area contributed by atoms with Gasteiger partial charge in [-0.3, -0.25) is 4.79 Å². The molecule has 0 radical (unpaired) electrons. The number of hydrogen-bond acceptors (Lipinski definition) is 4. The second kappa shape index (κ2) is 7.74. The summed E-state index contributed by atoms with van der Waals surface area (Å²) < 4.78 is 26.2. The topological polar surface area (TPSA) is 87.3 Å². The van der Waals surface area contributed by atoms with Crippen LogP contribution in [0.4, 0.5) is 0 Å². The van der Waals surface area contributed by atoms with E-state index in [9.17, 15) is 13.2 Å². The van der Waals surface area contributed by atoms with Crippen LogP contribution >= 0.6 is 12.4 Å². The third kappa shape index (κ3) is 4.67. The van der Waals surface area contributed by atoms with Crippen LogP contribution in [0, 0.1) is 5.92 Å². The molecule has 21 heavy (non-hydrogen) atoms. The SMILES string of the molecule is CCNS(=O)(=O)c1cccc(C(=O)NCC2CNC2)c1.Cl. The Balaban J connectivity index is 0.00000220. The van der Waals surface area contributed by atoms with Crippen LogP contribution in [0.5, 0.6) is 0 Å². The number of halogens is 1. The molecule has 3 N–H and O–H groups in total. The van der Waals surface area contributed by atoms with Crippen molar-refractivity contribution in [1.82, 2.24) is 15.4 Å². The van der Waals surface area contributed by atoms with Gasteiger partial charge in [0.15, 0.2) is 0 Å².